The fourth-order valence-corrected chi connectivity index (χ4v) is 5.22. The molecule has 1 fully saturated rings. The van der Waals surface area contributed by atoms with Gasteiger partial charge in [-0.3, -0.25) is 9.36 Å². The monoisotopic (exact) mass is 433 g/mol. The number of aromatic carboxylic acids is 1. The average Bonchev–Trinajstić information content (AvgIpc) is 3.12. The molecule has 1 saturated heterocycles. The second kappa shape index (κ2) is 7.74. The number of nitrogens with one attached hydrogen (secondary N) is 1. The van der Waals surface area contributed by atoms with Gasteiger partial charge in [0.05, 0.1) is 22.5 Å². The Balaban J connectivity index is 1.64. The van der Waals surface area contributed by atoms with Gasteiger partial charge in [-0.05, 0) is 56.9 Å². The molecule has 3 aromatic rings. The summed E-state index contributed by atoms with van der Waals surface area (Å²) in [7, 11) is 0. The lowest BCUT2D eigenvalue weighted by molar-refractivity contribution is 0.0492. The molecule has 1 aromatic heterocycles. The quantitative estimate of drug-likeness (QED) is 0.645. The Kier molecular flexibility index (Phi) is 5.01. The van der Waals surface area contributed by atoms with Crippen LogP contribution in [-0.2, 0) is 16.7 Å². The minimum absolute atomic E-state index is 0.0106. The third kappa shape index (κ3) is 3.28. The third-order valence-electron chi connectivity index (χ3n) is 6.97. The highest BCUT2D eigenvalue weighted by molar-refractivity contribution is 5.94. The van der Waals surface area contributed by atoms with Crippen LogP contribution in [0.5, 0.6) is 0 Å². The number of nitrogens with zero attached hydrogens (tertiary/aromatic N) is 2. The number of hydrogen-bond acceptors (Lipinski definition) is 5. The van der Waals surface area contributed by atoms with Crippen LogP contribution >= 0.6 is 0 Å². The van der Waals surface area contributed by atoms with Crippen molar-refractivity contribution in [3.8, 4) is 0 Å². The highest BCUT2D eigenvalue weighted by atomic mass is 16.5. The summed E-state index contributed by atoms with van der Waals surface area (Å²) in [6.07, 6.45) is 2.68. The Morgan fingerprint density at radius 2 is 1.97 bits per heavy atom. The van der Waals surface area contributed by atoms with Gasteiger partial charge in [-0.1, -0.05) is 18.2 Å². The molecule has 5 rings (SSSR count). The fourth-order valence-electron chi connectivity index (χ4n) is 5.22. The number of benzene rings is 2. The van der Waals surface area contributed by atoms with E-state index in [1.807, 2.05) is 36.6 Å². The number of hydrogen-bond donors (Lipinski definition) is 2. The van der Waals surface area contributed by atoms with Crippen molar-refractivity contribution in [3.63, 3.8) is 0 Å². The predicted molar refractivity (Wildman–Crippen MR) is 123 cm³/mol. The van der Waals surface area contributed by atoms with Gasteiger partial charge in [-0.25, -0.2) is 9.78 Å². The lowest BCUT2D eigenvalue weighted by Gasteiger charge is -2.32. The Labute approximate surface area is 186 Å². The summed E-state index contributed by atoms with van der Waals surface area (Å²) in [6, 6.07) is 10.6. The Bertz CT molecular complexity index is 1270. The number of ether oxygens (including phenoxy) is 1. The average molecular weight is 434 g/mol. The lowest BCUT2D eigenvalue weighted by Crippen LogP contribution is -2.34. The number of carboxylic acids is 1. The molecule has 2 aliphatic rings. The van der Waals surface area contributed by atoms with Crippen LogP contribution in [0.1, 0.15) is 59.5 Å². The van der Waals surface area contributed by atoms with Crippen LogP contribution in [0.25, 0.3) is 10.9 Å². The van der Waals surface area contributed by atoms with Crippen LogP contribution in [0, 0.1) is 6.92 Å². The van der Waals surface area contributed by atoms with Crippen molar-refractivity contribution in [3.05, 3.63) is 69.3 Å². The summed E-state index contributed by atoms with van der Waals surface area (Å²) in [4.78, 5) is 30.2. The van der Waals surface area contributed by atoms with Crippen LogP contribution in [0.15, 0.2) is 41.2 Å². The molecule has 1 spiro atoms. The molecule has 0 bridgehead atoms. The van der Waals surface area contributed by atoms with Crippen LogP contribution in [0.4, 0.5) is 5.69 Å². The van der Waals surface area contributed by atoms with Crippen molar-refractivity contribution in [2.75, 3.05) is 18.5 Å². The summed E-state index contributed by atoms with van der Waals surface area (Å²) >= 11 is 0. The minimum Gasteiger partial charge on any atom is -0.478 e. The van der Waals surface area contributed by atoms with Gasteiger partial charge in [-0.2, -0.15) is 0 Å². The smallest absolute Gasteiger partial charge is 0.337 e. The molecule has 2 N–H and O–H groups in total. The van der Waals surface area contributed by atoms with Crippen molar-refractivity contribution in [2.45, 2.75) is 51.1 Å². The molecule has 2 aromatic carbocycles. The maximum atomic E-state index is 13.5. The van der Waals surface area contributed by atoms with Crippen molar-refractivity contribution in [1.29, 1.82) is 0 Å². The number of fused-ring (bicyclic) bond motifs is 3. The highest BCUT2D eigenvalue weighted by Crippen LogP contribution is 2.42. The first-order valence-electron chi connectivity index (χ1n) is 11.1. The Morgan fingerprint density at radius 3 is 2.72 bits per heavy atom. The first-order valence-corrected chi connectivity index (χ1v) is 11.1. The zero-order valence-corrected chi connectivity index (χ0v) is 18.4. The highest BCUT2D eigenvalue weighted by Gasteiger charge is 2.43. The SMILES string of the molecule is Cc1cc([C@@H](C)Nc2ccccc2C(=O)O)c2nc3n(c(=O)c2c1)CCC31CCOCC1. The van der Waals surface area contributed by atoms with E-state index >= 15 is 0 Å². The second-order valence-corrected chi connectivity index (χ2v) is 9.00. The third-order valence-corrected chi connectivity index (χ3v) is 6.97. The number of carboxylic acid groups (broad SMARTS) is 1. The Hall–Kier alpha value is -3.19. The normalized spacial score (nSPS) is 17.9. The fraction of sp³-hybridized carbons (Fsp3) is 0.400. The van der Waals surface area contributed by atoms with Crippen LogP contribution in [-0.4, -0.2) is 33.8 Å². The summed E-state index contributed by atoms with van der Waals surface area (Å²) in [5, 5.41) is 13.5. The summed E-state index contributed by atoms with van der Waals surface area (Å²) in [6.45, 7) is 6.03. The summed E-state index contributed by atoms with van der Waals surface area (Å²) in [5.41, 5.74) is 3.25. The molecule has 7 nitrogen and oxygen atoms in total. The van der Waals surface area contributed by atoms with Gasteiger partial charge in [0.1, 0.15) is 5.82 Å². The standard InChI is InChI=1S/C25H27N3O4/c1-15-13-18(16(2)26-20-6-4-3-5-17(20)23(30)31)21-19(14-15)22(29)28-10-7-25(24(28)27-21)8-11-32-12-9-25/h3-6,13-14,16,26H,7-12H2,1-2H3,(H,30,31)/t16-/m1/s1. The maximum Gasteiger partial charge on any atom is 0.337 e. The van der Waals surface area contributed by atoms with Crippen molar-refractivity contribution < 1.29 is 14.6 Å². The van der Waals surface area contributed by atoms with Gasteiger partial charge in [0.25, 0.3) is 5.56 Å². The number of para-hydroxylation sites is 1. The second-order valence-electron chi connectivity index (χ2n) is 9.00. The van der Waals surface area contributed by atoms with Crippen molar-refractivity contribution >= 4 is 22.6 Å². The van der Waals surface area contributed by atoms with Crippen LogP contribution in [0.3, 0.4) is 0 Å². The zero-order valence-electron chi connectivity index (χ0n) is 18.4. The lowest BCUT2D eigenvalue weighted by atomic mass is 9.78. The molecule has 166 valence electrons. The topological polar surface area (TPSA) is 93.5 Å². The number of aryl methyl sites for hydroxylation is 1. The number of rotatable bonds is 4. The molecule has 2 aliphatic heterocycles. The van der Waals surface area contributed by atoms with E-state index in [0.29, 0.717) is 36.3 Å². The van der Waals surface area contributed by atoms with Crippen LogP contribution in [0.2, 0.25) is 0 Å². The molecule has 0 radical (unpaired) electrons. The molecule has 7 heteroatoms. The van der Waals surface area contributed by atoms with Gasteiger partial charge < -0.3 is 15.2 Å². The molecular formula is C25H27N3O4. The molecule has 0 amide bonds. The van der Waals surface area contributed by atoms with E-state index in [4.69, 9.17) is 9.72 Å². The van der Waals surface area contributed by atoms with Gasteiger partial charge in [0.15, 0.2) is 0 Å². The van der Waals surface area contributed by atoms with Gasteiger partial charge in [0.2, 0.25) is 0 Å². The number of aromatic nitrogens is 2. The number of carbonyl (C=O) groups is 1. The van der Waals surface area contributed by atoms with E-state index in [2.05, 4.69) is 5.32 Å². The molecule has 0 saturated carbocycles. The zero-order chi connectivity index (χ0) is 22.5. The predicted octanol–water partition coefficient (Wildman–Crippen LogP) is 4.03. The molecule has 0 unspecified atom stereocenters. The molecule has 32 heavy (non-hydrogen) atoms. The first kappa shape index (κ1) is 20.7. The van der Waals surface area contributed by atoms with E-state index in [1.165, 1.54) is 0 Å². The number of anilines is 1. The first-order chi connectivity index (χ1) is 15.4. The molecule has 0 aliphatic carbocycles. The molecule has 3 heterocycles. The van der Waals surface area contributed by atoms with Gasteiger partial charge in [-0.15, -0.1) is 0 Å². The van der Waals surface area contributed by atoms with Gasteiger partial charge >= 0.3 is 5.97 Å². The summed E-state index contributed by atoms with van der Waals surface area (Å²) < 4.78 is 7.45. The Morgan fingerprint density at radius 1 is 1.22 bits per heavy atom. The van der Waals surface area contributed by atoms with E-state index in [-0.39, 0.29) is 22.6 Å². The van der Waals surface area contributed by atoms with E-state index < -0.39 is 5.97 Å². The van der Waals surface area contributed by atoms with Crippen LogP contribution < -0.4 is 10.9 Å². The largest absolute Gasteiger partial charge is 0.478 e. The van der Waals surface area contributed by atoms with Gasteiger partial charge in [0, 0.05) is 36.4 Å². The van der Waals surface area contributed by atoms with Crippen molar-refractivity contribution in [1.82, 2.24) is 9.55 Å². The summed E-state index contributed by atoms with van der Waals surface area (Å²) in [5.74, 6) is -0.105. The van der Waals surface area contributed by atoms with E-state index in [1.54, 1.807) is 18.2 Å². The molecular weight excluding hydrogens is 406 g/mol. The van der Waals surface area contributed by atoms with E-state index in [0.717, 1.165) is 36.2 Å². The maximum absolute atomic E-state index is 13.5. The van der Waals surface area contributed by atoms with E-state index in [9.17, 15) is 14.7 Å². The molecule has 1 atom stereocenters. The van der Waals surface area contributed by atoms with Crippen molar-refractivity contribution in [2.24, 2.45) is 0 Å². The minimum atomic E-state index is -0.981.